The molecule has 1 amide bonds. The van der Waals surface area contributed by atoms with Crippen molar-refractivity contribution in [1.82, 2.24) is 4.90 Å². The van der Waals surface area contributed by atoms with E-state index in [1.807, 2.05) is 18.2 Å². The van der Waals surface area contributed by atoms with Gasteiger partial charge in [0, 0.05) is 38.4 Å². The summed E-state index contributed by atoms with van der Waals surface area (Å²) in [5, 5.41) is 10.8. The zero-order chi connectivity index (χ0) is 17.1. The number of amides is 1. The van der Waals surface area contributed by atoms with Crippen LogP contribution in [-0.2, 0) is 6.54 Å². The number of thiophene rings is 1. The van der Waals surface area contributed by atoms with Crippen molar-refractivity contribution in [2.45, 2.75) is 19.4 Å². The molecule has 2 aromatic rings. The quantitative estimate of drug-likeness (QED) is 0.614. The molecule has 2 heterocycles. The summed E-state index contributed by atoms with van der Waals surface area (Å²) in [5.41, 5.74) is 2.27. The van der Waals surface area contributed by atoms with Crippen molar-refractivity contribution < 1.29 is 9.72 Å². The first kappa shape index (κ1) is 16.4. The highest BCUT2D eigenvalue weighted by Crippen LogP contribution is 2.28. The highest BCUT2D eigenvalue weighted by atomic mass is 32.1. The van der Waals surface area contributed by atoms with E-state index < -0.39 is 4.92 Å². The predicted octanol–water partition coefficient (Wildman–Crippen LogP) is 3.53. The predicted molar refractivity (Wildman–Crippen MR) is 94.7 cm³/mol. The maximum atomic E-state index is 12.5. The van der Waals surface area contributed by atoms with E-state index in [0.717, 1.165) is 30.0 Å². The third-order valence-electron chi connectivity index (χ3n) is 4.18. The van der Waals surface area contributed by atoms with Crippen molar-refractivity contribution in [3.05, 3.63) is 57.0 Å². The van der Waals surface area contributed by atoms with Crippen LogP contribution in [0.4, 0.5) is 10.7 Å². The summed E-state index contributed by atoms with van der Waals surface area (Å²) in [6.45, 7) is 2.58. The van der Waals surface area contributed by atoms with Crippen molar-refractivity contribution in [2.24, 2.45) is 0 Å². The molecule has 24 heavy (non-hydrogen) atoms. The normalized spacial score (nSPS) is 14.0. The molecule has 0 saturated carbocycles. The van der Waals surface area contributed by atoms with Crippen LogP contribution >= 0.6 is 11.3 Å². The van der Waals surface area contributed by atoms with Crippen LogP contribution in [0.3, 0.4) is 0 Å². The molecule has 1 aromatic heterocycles. The van der Waals surface area contributed by atoms with Gasteiger partial charge in [-0.2, -0.15) is 0 Å². The number of benzene rings is 1. The minimum Gasteiger partial charge on any atom is -0.371 e. The van der Waals surface area contributed by atoms with Crippen molar-refractivity contribution in [3.8, 4) is 0 Å². The number of nitro groups is 1. The number of para-hydroxylation sites is 1. The van der Waals surface area contributed by atoms with Gasteiger partial charge in [0.1, 0.15) is 0 Å². The average Bonchev–Trinajstić information content (AvgIpc) is 3.26. The highest BCUT2D eigenvalue weighted by molar-refractivity contribution is 7.17. The van der Waals surface area contributed by atoms with Gasteiger partial charge in [0.05, 0.1) is 9.80 Å². The summed E-state index contributed by atoms with van der Waals surface area (Å²) in [6.07, 6.45) is 2.39. The Morgan fingerprint density at radius 1 is 1.25 bits per heavy atom. The van der Waals surface area contributed by atoms with Gasteiger partial charge >= 0.3 is 5.00 Å². The number of rotatable bonds is 5. The molecule has 0 N–H and O–H groups in total. The molecule has 0 atom stereocenters. The fourth-order valence-corrected chi connectivity index (χ4v) is 3.78. The lowest BCUT2D eigenvalue weighted by molar-refractivity contribution is -0.380. The van der Waals surface area contributed by atoms with E-state index in [0.29, 0.717) is 11.4 Å². The second-order valence-electron chi connectivity index (χ2n) is 5.88. The fourth-order valence-electron chi connectivity index (χ4n) is 2.97. The molecule has 0 unspecified atom stereocenters. The maximum absolute atomic E-state index is 12.5. The molecule has 1 saturated heterocycles. The first-order valence-electron chi connectivity index (χ1n) is 7.89. The van der Waals surface area contributed by atoms with E-state index in [9.17, 15) is 14.9 Å². The molecular weight excluding hydrogens is 326 g/mol. The molecular formula is C17H19N3O3S. The third kappa shape index (κ3) is 3.41. The Bertz CT molecular complexity index is 753. The number of anilines is 1. The van der Waals surface area contributed by atoms with E-state index >= 15 is 0 Å². The van der Waals surface area contributed by atoms with E-state index in [4.69, 9.17) is 0 Å². The monoisotopic (exact) mass is 345 g/mol. The van der Waals surface area contributed by atoms with Crippen LogP contribution in [0.2, 0.25) is 0 Å². The Morgan fingerprint density at radius 3 is 2.62 bits per heavy atom. The molecule has 1 aromatic carbocycles. The Labute approximate surface area is 144 Å². The minimum atomic E-state index is -0.468. The molecule has 126 valence electrons. The van der Waals surface area contributed by atoms with Gasteiger partial charge in [-0.05, 0) is 30.5 Å². The molecule has 0 radical (unpaired) electrons. The number of hydrogen-bond acceptors (Lipinski definition) is 5. The van der Waals surface area contributed by atoms with Gasteiger partial charge < -0.3 is 9.80 Å². The molecule has 6 nitrogen and oxygen atoms in total. The number of carbonyl (C=O) groups is 1. The molecule has 3 rings (SSSR count). The van der Waals surface area contributed by atoms with E-state index in [1.54, 1.807) is 11.9 Å². The Morgan fingerprint density at radius 2 is 1.96 bits per heavy atom. The van der Waals surface area contributed by atoms with Crippen molar-refractivity contribution in [3.63, 3.8) is 0 Å². The molecule has 1 fully saturated rings. The van der Waals surface area contributed by atoms with Crippen molar-refractivity contribution in [1.29, 1.82) is 0 Å². The largest absolute Gasteiger partial charge is 0.371 e. The summed E-state index contributed by atoms with van der Waals surface area (Å²) in [4.78, 5) is 27.2. The topological polar surface area (TPSA) is 66.7 Å². The van der Waals surface area contributed by atoms with Crippen LogP contribution in [0.5, 0.6) is 0 Å². The van der Waals surface area contributed by atoms with Crippen molar-refractivity contribution >= 4 is 27.9 Å². The van der Waals surface area contributed by atoms with Gasteiger partial charge in [-0.3, -0.25) is 14.9 Å². The lowest BCUT2D eigenvalue weighted by atomic mass is 10.1. The molecule has 1 aliphatic rings. The van der Waals surface area contributed by atoms with E-state index in [1.165, 1.54) is 30.7 Å². The Hall–Kier alpha value is -2.41. The molecule has 1 aliphatic heterocycles. The Balaban J connectivity index is 1.75. The average molecular weight is 345 g/mol. The highest BCUT2D eigenvalue weighted by Gasteiger charge is 2.21. The van der Waals surface area contributed by atoms with Crippen LogP contribution in [0.25, 0.3) is 0 Å². The van der Waals surface area contributed by atoms with Gasteiger partial charge in [-0.25, -0.2) is 0 Å². The van der Waals surface area contributed by atoms with E-state index in [2.05, 4.69) is 11.0 Å². The van der Waals surface area contributed by atoms with Crippen LogP contribution in [-0.4, -0.2) is 35.9 Å². The smallest absolute Gasteiger partial charge is 0.324 e. The van der Waals surface area contributed by atoms with Gasteiger partial charge in [0.25, 0.3) is 5.91 Å². The molecule has 0 bridgehead atoms. The molecule has 0 spiro atoms. The first-order valence-corrected chi connectivity index (χ1v) is 8.70. The maximum Gasteiger partial charge on any atom is 0.324 e. The second-order valence-corrected chi connectivity index (χ2v) is 6.94. The number of carbonyl (C=O) groups excluding carboxylic acids is 1. The van der Waals surface area contributed by atoms with Crippen molar-refractivity contribution in [2.75, 3.05) is 25.0 Å². The second kappa shape index (κ2) is 7.00. The SMILES string of the molecule is CN(Cc1ccccc1N1CCCC1)C(=O)c1ccc([N+](=O)[O-])s1. The molecule has 7 heteroatoms. The van der Waals surface area contributed by atoms with Gasteiger partial charge in [0.15, 0.2) is 0 Å². The van der Waals surface area contributed by atoms with Crippen LogP contribution in [0.15, 0.2) is 36.4 Å². The van der Waals surface area contributed by atoms with Gasteiger partial charge in [-0.1, -0.05) is 29.5 Å². The number of hydrogen-bond donors (Lipinski definition) is 0. The minimum absolute atomic E-state index is 0.00998. The van der Waals surface area contributed by atoms with Crippen LogP contribution < -0.4 is 4.90 Å². The summed E-state index contributed by atoms with van der Waals surface area (Å²) in [7, 11) is 1.73. The Kier molecular flexibility index (Phi) is 4.80. The van der Waals surface area contributed by atoms with Gasteiger partial charge in [0.2, 0.25) is 0 Å². The summed E-state index contributed by atoms with van der Waals surface area (Å²) < 4.78 is 0. The fraction of sp³-hybridized carbons (Fsp3) is 0.353. The van der Waals surface area contributed by atoms with Gasteiger partial charge in [-0.15, -0.1) is 0 Å². The standard InChI is InChI=1S/C17H19N3O3S/c1-18(17(21)15-8-9-16(24-15)20(22)23)12-13-6-2-3-7-14(13)19-10-4-5-11-19/h2-3,6-9H,4-5,10-12H2,1H3. The summed E-state index contributed by atoms with van der Waals surface area (Å²) in [5.74, 6) is -0.190. The summed E-state index contributed by atoms with van der Waals surface area (Å²) >= 11 is 0.917. The number of nitrogens with zero attached hydrogens (tertiary/aromatic N) is 3. The van der Waals surface area contributed by atoms with Crippen LogP contribution in [0, 0.1) is 10.1 Å². The van der Waals surface area contributed by atoms with E-state index in [-0.39, 0.29) is 10.9 Å². The first-order chi connectivity index (χ1) is 11.6. The zero-order valence-corrected chi connectivity index (χ0v) is 14.3. The lowest BCUT2D eigenvalue weighted by Gasteiger charge is -2.24. The third-order valence-corrected chi connectivity index (χ3v) is 5.20. The zero-order valence-electron chi connectivity index (χ0n) is 13.5. The summed E-state index contributed by atoms with van der Waals surface area (Å²) in [6, 6.07) is 11.0. The molecule has 0 aliphatic carbocycles. The lowest BCUT2D eigenvalue weighted by Crippen LogP contribution is -2.27. The van der Waals surface area contributed by atoms with Crippen LogP contribution in [0.1, 0.15) is 28.1 Å².